The summed E-state index contributed by atoms with van der Waals surface area (Å²) in [7, 11) is 0. The van der Waals surface area contributed by atoms with E-state index in [4.69, 9.17) is 10.5 Å². The van der Waals surface area contributed by atoms with E-state index in [0.717, 1.165) is 23.3 Å². The van der Waals surface area contributed by atoms with Gasteiger partial charge in [-0.25, -0.2) is 9.48 Å². The Hall–Kier alpha value is -3.91. The molecule has 158 valence electrons. The number of fused-ring (bicyclic) bond motifs is 1. The first-order valence-electron chi connectivity index (χ1n) is 9.93. The number of hydrogen-bond acceptors (Lipinski definition) is 5. The minimum atomic E-state index is -1.01. The zero-order valence-electron chi connectivity index (χ0n) is 17.3. The predicted molar refractivity (Wildman–Crippen MR) is 118 cm³/mol. The average molecular weight is 417 g/mol. The highest BCUT2D eigenvalue weighted by Crippen LogP contribution is 2.31. The third-order valence-electron chi connectivity index (χ3n) is 5.13. The van der Waals surface area contributed by atoms with E-state index in [1.54, 1.807) is 22.9 Å². The van der Waals surface area contributed by atoms with Crippen molar-refractivity contribution in [3.8, 4) is 11.4 Å². The second-order valence-electron chi connectivity index (χ2n) is 7.17. The summed E-state index contributed by atoms with van der Waals surface area (Å²) in [6.07, 6.45) is 0.942. The Balaban J connectivity index is 1.76. The minimum absolute atomic E-state index is 0.118. The van der Waals surface area contributed by atoms with Crippen LogP contribution in [-0.4, -0.2) is 26.2 Å². The SMILES string of the molecule is CCc1ccc(OCc2cccc(-n3nnc4ccccc43)c2N(O)C(N)=O)c(C)c1. The lowest BCUT2D eigenvalue weighted by Gasteiger charge is -2.21. The van der Waals surface area contributed by atoms with Crippen LogP contribution >= 0.6 is 0 Å². The minimum Gasteiger partial charge on any atom is -0.489 e. The van der Waals surface area contributed by atoms with Gasteiger partial charge in [0.2, 0.25) is 0 Å². The van der Waals surface area contributed by atoms with Crippen LogP contribution in [0, 0.1) is 6.92 Å². The van der Waals surface area contributed by atoms with E-state index in [9.17, 15) is 10.0 Å². The summed E-state index contributed by atoms with van der Waals surface area (Å²) < 4.78 is 7.57. The van der Waals surface area contributed by atoms with Crippen LogP contribution in [0.1, 0.15) is 23.6 Å². The van der Waals surface area contributed by atoms with Gasteiger partial charge in [0.15, 0.2) is 0 Å². The molecule has 0 aliphatic carbocycles. The van der Waals surface area contributed by atoms with Crippen molar-refractivity contribution >= 4 is 22.8 Å². The lowest BCUT2D eigenvalue weighted by Crippen LogP contribution is -2.34. The van der Waals surface area contributed by atoms with Crippen molar-refractivity contribution in [3.63, 3.8) is 0 Å². The van der Waals surface area contributed by atoms with Crippen LogP contribution in [0.5, 0.6) is 5.75 Å². The van der Waals surface area contributed by atoms with Crippen LogP contribution in [0.25, 0.3) is 16.7 Å². The largest absolute Gasteiger partial charge is 0.489 e. The molecule has 1 heterocycles. The molecular weight excluding hydrogens is 394 g/mol. The number of para-hydroxylation sites is 2. The van der Waals surface area contributed by atoms with E-state index in [0.29, 0.717) is 21.8 Å². The maximum atomic E-state index is 11.8. The summed E-state index contributed by atoms with van der Waals surface area (Å²) in [5, 5.41) is 19.3. The van der Waals surface area contributed by atoms with Gasteiger partial charge >= 0.3 is 6.03 Å². The lowest BCUT2D eigenvalue weighted by atomic mass is 10.1. The molecule has 0 unspecified atom stereocenters. The summed E-state index contributed by atoms with van der Waals surface area (Å²) in [5.74, 6) is 0.725. The number of benzene rings is 3. The molecule has 4 aromatic rings. The number of hydrogen-bond donors (Lipinski definition) is 2. The summed E-state index contributed by atoms with van der Waals surface area (Å²) >= 11 is 0. The molecule has 8 heteroatoms. The summed E-state index contributed by atoms with van der Waals surface area (Å²) in [5.41, 5.74) is 10.2. The van der Waals surface area contributed by atoms with Crippen molar-refractivity contribution in [2.75, 3.05) is 5.06 Å². The smallest absolute Gasteiger partial charge is 0.343 e. The third-order valence-corrected chi connectivity index (χ3v) is 5.13. The number of amides is 2. The van der Waals surface area contributed by atoms with Crippen molar-refractivity contribution in [2.45, 2.75) is 26.9 Å². The quantitative estimate of drug-likeness (QED) is 0.362. The second-order valence-corrected chi connectivity index (χ2v) is 7.17. The molecule has 0 aliphatic rings. The number of rotatable bonds is 6. The number of aryl methyl sites for hydroxylation is 2. The molecule has 0 saturated heterocycles. The number of aromatic nitrogens is 3. The number of ether oxygens (including phenoxy) is 1. The van der Waals surface area contributed by atoms with Gasteiger partial charge < -0.3 is 10.5 Å². The van der Waals surface area contributed by atoms with Crippen LogP contribution in [0.2, 0.25) is 0 Å². The fourth-order valence-electron chi connectivity index (χ4n) is 3.52. The molecule has 2 amide bonds. The number of carbonyl (C=O) groups excluding carboxylic acids is 1. The van der Waals surface area contributed by atoms with Crippen molar-refractivity contribution in [1.29, 1.82) is 0 Å². The number of anilines is 1. The maximum absolute atomic E-state index is 11.8. The molecule has 3 N–H and O–H groups in total. The van der Waals surface area contributed by atoms with E-state index >= 15 is 0 Å². The molecule has 1 aromatic heterocycles. The Bertz CT molecular complexity index is 1250. The van der Waals surface area contributed by atoms with Gasteiger partial charge in [0.25, 0.3) is 0 Å². The fraction of sp³-hybridized carbons (Fsp3) is 0.174. The van der Waals surface area contributed by atoms with Crippen LogP contribution in [0.4, 0.5) is 10.5 Å². The van der Waals surface area contributed by atoms with E-state index in [2.05, 4.69) is 23.3 Å². The van der Waals surface area contributed by atoms with Crippen molar-refractivity contribution < 1.29 is 14.7 Å². The molecule has 0 spiro atoms. The van der Waals surface area contributed by atoms with Crippen molar-refractivity contribution in [3.05, 3.63) is 77.4 Å². The highest BCUT2D eigenvalue weighted by Gasteiger charge is 2.22. The fourth-order valence-corrected chi connectivity index (χ4v) is 3.52. The number of urea groups is 1. The Kier molecular flexibility index (Phi) is 5.55. The number of carbonyl (C=O) groups is 1. The first kappa shape index (κ1) is 20.4. The van der Waals surface area contributed by atoms with Gasteiger partial charge in [0.1, 0.15) is 23.6 Å². The highest BCUT2D eigenvalue weighted by atomic mass is 16.5. The standard InChI is InChI=1S/C23H23N5O3/c1-3-16-11-12-21(15(2)13-16)31-14-17-7-6-10-20(22(17)28(30)23(24)29)27-19-9-5-4-8-18(19)25-26-27/h4-13,30H,3,14H2,1-2H3,(H2,24,29). The molecule has 8 nitrogen and oxygen atoms in total. The molecule has 3 aromatic carbocycles. The van der Waals surface area contributed by atoms with E-state index in [1.165, 1.54) is 5.56 Å². The topological polar surface area (TPSA) is 106 Å². The Morgan fingerprint density at radius 2 is 1.97 bits per heavy atom. The van der Waals surface area contributed by atoms with Crippen LogP contribution in [0.15, 0.2) is 60.7 Å². The van der Waals surface area contributed by atoms with Gasteiger partial charge in [-0.2, -0.15) is 5.06 Å². The Labute approximate surface area is 179 Å². The summed E-state index contributed by atoms with van der Waals surface area (Å²) in [6, 6.07) is 17.7. The summed E-state index contributed by atoms with van der Waals surface area (Å²) in [4.78, 5) is 11.8. The Morgan fingerprint density at radius 3 is 2.71 bits per heavy atom. The van der Waals surface area contributed by atoms with Gasteiger partial charge in [-0.05, 0) is 48.7 Å². The highest BCUT2D eigenvalue weighted by molar-refractivity contribution is 5.92. The van der Waals surface area contributed by atoms with Gasteiger partial charge in [-0.3, -0.25) is 5.21 Å². The molecule has 0 fully saturated rings. The molecule has 4 rings (SSSR count). The molecular formula is C23H23N5O3. The maximum Gasteiger partial charge on any atom is 0.343 e. The van der Waals surface area contributed by atoms with E-state index in [1.807, 2.05) is 43.3 Å². The number of primary amides is 1. The van der Waals surface area contributed by atoms with Crippen molar-refractivity contribution in [2.24, 2.45) is 5.73 Å². The zero-order chi connectivity index (χ0) is 22.0. The predicted octanol–water partition coefficient (Wildman–Crippen LogP) is 4.14. The lowest BCUT2D eigenvalue weighted by molar-refractivity contribution is 0.211. The first-order chi connectivity index (χ1) is 15.0. The second kappa shape index (κ2) is 8.45. The molecule has 0 aliphatic heterocycles. The monoisotopic (exact) mass is 417 g/mol. The van der Waals surface area contributed by atoms with Gasteiger partial charge in [-0.1, -0.05) is 48.5 Å². The normalized spacial score (nSPS) is 10.9. The molecule has 31 heavy (non-hydrogen) atoms. The number of nitrogens with zero attached hydrogens (tertiary/aromatic N) is 4. The number of hydroxylamine groups is 1. The zero-order valence-corrected chi connectivity index (χ0v) is 17.3. The molecule has 0 saturated carbocycles. The Morgan fingerprint density at radius 1 is 1.16 bits per heavy atom. The van der Waals surface area contributed by atoms with Crippen LogP contribution < -0.4 is 15.5 Å². The van der Waals surface area contributed by atoms with Gasteiger partial charge in [0.05, 0.1) is 11.2 Å². The van der Waals surface area contributed by atoms with Gasteiger partial charge in [-0.15, -0.1) is 5.10 Å². The molecule has 0 atom stereocenters. The van der Waals surface area contributed by atoms with E-state index in [-0.39, 0.29) is 12.3 Å². The van der Waals surface area contributed by atoms with Crippen LogP contribution in [0.3, 0.4) is 0 Å². The first-order valence-corrected chi connectivity index (χ1v) is 9.93. The van der Waals surface area contributed by atoms with Crippen LogP contribution in [-0.2, 0) is 13.0 Å². The summed E-state index contributed by atoms with van der Waals surface area (Å²) in [6.45, 7) is 4.20. The third kappa shape index (κ3) is 3.93. The number of nitrogens with two attached hydrogens (primary N) is 1. The molecule has 0 bridgehead atoms. The van der Waals surface area contributed by atoms with Gasteiger partial charge in [0, 0.05) is 5.56 Å². The molecule has 0 radical (unpaired) electrons. The van der Waals surface area contributed by atoms with E-state index < -0.39 is 6.03 Å². The average Bonchev–Trinajstić information content (AvgIpc) is 3.21. The van der Waals surface area contributed by atoms with Crippen molar-refractivity contribution in [1.82, 2.24) is 15.0 Å².